The Bertz CT molecular complexity index is 612. The fourth-order valence-corrected chi connectivity index (χ4v) is 3.79. The molecule has 124 valence electrons. The molecule has 1 aromatic rings. The molecule has 2 saturated carbocycles. The minimum Gasteiger partial charge on any atom is -0.331 e. The Morgan fingerprint density at radius 3 is 2.57 bits per heavy atom. The number of aromatic nitrogens is 1. The summed E-state index contributed by atoms with van der Waals surface area (Å²) in [5, 5.41) is 0. The third-order valence-electron chi connectivity index (χ3n) is 5.42. The lowest BCUT2D eigenvalue weighted by Crippen LogP contribution is -2.38. The first kappa shape index (κ1) is 16.2. The molecular weight excluding hydrogens is 284 g/mol. The smallest absolute Gasteiger partial charge is 0.227 e. The van der Waals surface area contributed by atoms with Crippen molar-refractivity contribution in [2.24, 2.45) is 17.3 Å². The van der Waals surface area contributed by atoms with Gasteiger partial charge in [0.15, 0.2) is 0 Å². The second-order valence-electron chi connectivity index (χ2n) is 7.98. The lowest BCUT2D eigenvalue weighted by atomic mass is 10.1. The molecule has 0 aliphatic heterocycles. The third kappa shape index (κ3) is 3.06. The van der Waals surface area contributed by atoms with Crippen LogP contribution in [0.15, 0.2) is 36.0 Å². The van der Waals surface area contributed by atoms with Gasteiger partial charge in [-0.3, -0.25) is 9.78 Å². The Labute approximate surface area is 139 Å². The first-order chi connectivity index (χ1) is 10.8. The SMILES string of the molecule is CC(C)=C[C@@H]1[C@@H](C(=O)N(C2CC2)[C@H](C)c2ccccn2)C1(C)C. The van der Waals surface area contributed by atoms with Gasteiger partial charge in [0.1, 0.15) is 0 Å². The van der Waals surface area contributed by atoms with Gasteiger partial charge in [0.25, 0.3) is 0 Å². The van der Waals surface area contributed by atoms with Gasteiger partial charge >= 0.3 is 0 Å². The standard InChI is InChI=1S/C20H28N2O/c1-13(2)12-16-18(20(16,4)5)19(23)22(15-9-10-15)14(3)17-8-6-7-11-21-17/h6-8,11-12,14-16,18H,9-10H2,1-5H3/t14-,16-,18+/m1/s1. The molecule has 3 atom stereocenters. The molecule has 0 aromatic carbocycles. The molecule has 2 fully saturated rings. The number of pyridine rings is 1. The van der Waals surface area contributed by atoms with E-state index in [4.69, 9.17) is 0 Å². The third-order valence-corrected chi connectivity index (χ3v) is 5.42. The predicted molar refractivity (Wildman–Crippen MR) is 92.7 cm³/mol. The van der Waals surface area contributed by atoms with Crippen LogP contribution in [0.5, 0.6) is 0 Å². The van der Waals surface area contributed by atoms with Gasteiger partial charge in [-0.1, -0.05) is 31.6 Å². The van der Waals surface area contributed by atoms with Crippen LogP contribution in [-0.4, -0.2) is 21.8 Å². The lowest BCUT2D eigenvalue weighted by molar-refractivity contribution is -0.136. The summed E-state index contributed by atoms with van der Waals surface area (Å²) in [6.45, 7) is 10.8. The largest absolute Gasteiger partial charge is 0.331 e. The molecule has 23 heavy (non-hydrogen) atoms. The summed E-state index contributed by atoms with van der Waals surface area (Å²) in [4.78, 5) is 19.9. The Balaban J connectivity index is 1.82. The van der Waals surface area contributed by atoms with Crippen LogP contribution in [0.2, 0.25) is 0 Å². The van der Waals surface area contributed by atoms with E-state index in [1.165, 1.54) is 5.57 Å². The Kier molecular flexibility index (Phi) is 4.07. The molecule has 0 radical (unpaired) electrons. The van der Waals surface area contributed by atoms with Gasteiger partial charge in [-0.05, 0) is 57.1 Å². The molecule has 2 aliphatic carbocycles. The van der Waals surface area contributed by atoms with Gasteiger partial charge in [0.2, 0.25) is 5.91 Å². The highest BCUT2D eigenvalue weighted by Gasteiger charge is 2.62. The maximum atomic E-state index is 13.3. The van der Waals surface area contributed by atoms with E-state index in [1.54, 1.807) is 0 Å². The molecule has 2 aliphatic rings. The van der Waals surface area contributed by atoms with E-state index < -0.39 is 0 Å². The number of carbonyl (C=O) groups is 1. The average Bonchev–Trinajstić information content (AvgIpc) is 3.39. The first-order valence-electron chi connectivity index (χ1n) is 8.72. The van der Waals surface area contributed by atoms with Crippen molar-refractivity contribution in [2.45, 2.75) is 59.5 Å². The Morgan fingerprint density at radius 1 is 1.35 bits per heavy atom. The summed E-state index contributed by atoms with van der Waals surface area (Å²) >= 11 is 0. The first-order valence-corrected chi connectivity index (χ1v) is 8.72. The number of carbonyl (C=O) groups excluding carboxylic acids is 1. The number of amides is 1. The van der Waals surface area contributed by atoms with Crippen molar-refractivity contribution < 1.29 is 4.79 Å². The molecule has 3 rings (SSSR count). The van der Waals surface area contributed by atoms with Crippen LogP contribution in [-0.2, 0) is 4.79 Å². The summed E-state index contributed by atoms with van der Waals surface area (Å²) in [7, 11) is 0. The zero-order chi connectivity index (χ0) is 16.8. The molecule has 0 bridgehead atoms. The van der Waals surface area contributed by atoms with Crippen molar-refractivity contribution >= 4 is 5.91 Å². The van der Waals surface area contributed by atoms with Gasteiger partial charge in [0, 0.05) is 12.2 Å². The van der Waals surface area contributed by atoms with Crippen LogP contribution in [0.25, 0.3) is 0 Å². The van der Waals surface area contributed by atoms with Gasteiger partial charge in [-0.2, -0.15) is 0 Å². The zero-order valence-electron chi connectivity index (χ0n) is 14.9. The average molecular weight is 312 g/mol. The molecule has 0 unspecified atom stereocenters. The molecule has 1 heterocycles. The highest BCUT2D eigenvalue weighted by atomic mass is 16.2. The van der Waals surface area contributed by atoms with E-state index in [0.717, 1.165) is 18.5 Å². The van der Waals surface area contributed by atoms with Crippen LogP contribution < -0.4 is 0 Å². The van der Waals surface area contributed by atoms with Gasteiger partial charge in [-0.25, -0.2) is 0 Å². The molecule has 0 spiro atoms. The van der Waals surface area contributed by atoms with Crippen LogP contribution in [0.3, 0.4) is 0 Å². The maximum Gasteiger partial charge on any atom is 0.227 e. The van der Waals surface area contributed by atoms with Crippen LogP contribution in [0, 0.1) is 17.3 Å². The number of nitrogens with zero attached hydrogens (tertiary/aromatic N) is 2. The fourth-order valence-electron chi connectivity index (χ4n) is 3.79. The second kappa shape index (κ2) is 5.77. The normalized spacial score (nSPS) is 26.3. The maximum absolute atomic E-state index is 13.3. The van der Waals surface area contributed by atoms with Crippen molar-refractivity contribution in [3.8, 4) is 0 Å². The highest BCUT2D eigenvalue weighted by Crippen LogP contribution is 2.61. The van der Waals surface area contributed by atoms with E-state index in [1.807, 2.05) is 24.4 Å². The molecule has 3 heteroatoms. The van der Waals surface area contributed by atoms with Crippen molar-refractivity contribution in [1.29, 1.82) is 0 Å². The van der Waals surface area contributed by atoms with Crippen LogP contribution >= 0.6 is 0 Å². The molecular formula is C20H28N2O. The minimum atomic E-state index is 0.0555. The van der Waals surface area contributed by atoms with Crippen molar-refractivity contribution in [1.82, 2.24) is 9.88 Å². The summed E-state index contributed by atoms with van der Waals surface area (Å²) in [6.07, 6.45) is 6.35. The Hall–Kier alpha value is -1.64. The predicted octanol–water partition coefficient (Wildman–Crippen LogP) is 4.37. The summed E-state index contributed by atoms with van der Waals surface area (Å²) in [5.41, 5.74) is 2.37. The highest BCUT2D eigenvalue weighted by molar-refractivity contribution is 5.84. The number of hydrogen-bond donors (Lipinski definition) is 0. The van der Waals surface area contributed by atoms with Crippen LogP contribution in [0.4, 0.5) is 0 Å². The van der Waals surface area contributed by atoms with Gasteiger partial charge in [0.05, 0.1) is 17.7 Å². The Morgan fingerprint density at radius 2 is 2.04 bits per heavy atom. The topological polar surface area (TPSA) is 33.2 Å². The van der Waals surface area contributed by atoms with E-state index in [2.05, 4.69) is 50.6 Å². The lowest BCUT2D eigenvalue weighted by Gasteiger charge is -2.30. The number of rotatable bonds is 5. The molecule has 1 amide bonds. The fraction of sp³-hybridized carbons (Fsp3) is 0.600. The zero-order valence-corrected chi connectivity index (χ0v) is 14.9. The molecule has 3 nitrogen and oxygen atoms in total. The van der Waals surface area contributed by atoms with E-state index in [9.17, 15) is 4.79 Å². The van der Waals surface area contributed by atoms with E-state index >= 15 is 0 Å². The van der Waals surface area contributed by atoms with Gasteiger partial charge < -0.3 is 4.90 Å². The van der Waals surface area contributed by atoms with Crippen molar-refractivity contribution in [3.05, 3.63) is 41.7 Å². The van der Waals surface area contributed by atoms with Crippen molar-refractivity contribution in [3.63, 3.8) is 0 Å². The second-order valence-corrected chi connectivity index (χ2v) is 7.98. The molecule has 1 aromatic heterocycles. The van der Waals surface area contributed by atoms with Gasteiger partial charge in [-0.15, -0.1) is 0 Å². The quantitative estimate of drug-likeness (QED) is 0.756. The van der Waals surface area contributed by atoms with E-state index in [0.29, 0.717) is 17.9 Å². The van der Waals surface area contributed by atoms with Crippen LogP contribution in [0.1, 0.15) is 59.2 Å². The molecule has 0 saturated heterocycles. The number of allylic oxidation sites excluding steroid dienone is 2. The van der Waals surface area contributed by atoms with E-state index in [-0.39, 0.29) is 17.4 Å². The van der Waals surface area contributed by atoms with Crippen molar-refractivity contribution in [2.75, 3.05) is 0 Å². The number of hydrogen-bond acceptors (Lipinski definition) is 2. The summed E-state index contributed by atoms with van der Waals surface area (Å²) < 4.78 is 0. The summed E-state index contributed by atoms with van der Waals surface area (Å²) in [6, 6.07) is 6.41. The monoisotopic (exact) mass is 312 g/mol. The minimum absolute atomic E-state index is 0.0555. The molecule has 0 N–H and O–H groups in total. The summed E-state index contributed by atoms with van der Waals surface area (Å²) in [5.74, 6) is 0.805.